The second-order valence-electron chi connectivity index (χ2n) is 5.47. The zero-order valence-corrected chi connectivity index (χ0v) is 14.5. The minimum absolute atomic E-state index is 0.0636. The first-order valence-corrected chi connectivity index (χ1v) is 8.68. The van der Waals surface area contributed by atoms with E-state index in [1.54, 1.807) is 4.52 Å². The quantitative estimate of drug-likeness (QED) is 0.712. The van der Waals surface area contributed by atoms with Crippen molar-refractivity contribution < 1.29 is 9.53 Å². The minimum atomic E-state index is -0.254. The van der Waals surface area contributed by atoms with E-state index < -0.39 is 0 Å². The molecule has 0 aliphatic rings. The lowest BCUT2D eigenvalue weighted by Crippen LogP contribution is -2.20. The van der Waals surface area contributed by atoms with Gasteiger partial charge < -0.3 is 4.74 Å². The van der Waals surface area contributed by atoms with Crippen molar-refractivity contribution in [2.75, 3.05) is 11.9 Å². The van der Waals surface area contributed by atoms with E-state index in [2.05, 4.69) is 27.5 Å². The van der Waals surface area contributed by atoms with Crippen LogP contribution < -0.4 is 10.1 Å². The average Bonchev–Trinajstić information content (AvgIpc) is 3.13. The zero-order valence-electron chi connectivity index (χ0n) is 13.7. The molecule has 0 aliphatic heterocycles. The number of anilines is 1. The van der Waals surface area contributed by atoms with E-state index in [1.165, 1.54) is 11.3 Å². The molecule has 0 radical (unpaired) electrons. The number of amides is 1. The smallest absolute Gasteiger partial charge is 0.264 e. The van der Waals surface area contributed by atoms with Gasteiger partial charge in [-0.2, -0.15) is 4.52 Å². The monoisotopic (exact) mass is 345 g/mol. The number of rotatable bonds is 7. The fourth-order valence-corrected chi connectivity index (χ4v) is 2.91. The lowest BCUT2D eigenvalue weighted by molar-refractivity contribution is -0.118. The van der Waals surface area contributed by atoms with Crippen LogP contribution in [0.1, 0.15) is 31.2 Å². The summed E-state index contributed by atoms with van der Waals surface area (Å²) in [6.07, 6.45) is 2.94. The normalized spacial score (nSPS) is 10.9. The van der Waals surface area contributed by atoms with Gasteiger partial charge in [-0.3, -0.25) is 10.1 Å². The molecule has 2 heterocycles. The highest BCUT2D eigenvalue weighted by Gasteiger charge is 2.13. The van der Waals surface area contributed by atoms with Crippen LogP contribution in [0.15, 0.2) is 24.3 Å². The highest BCUT2D eigenvalue weighted by atomic mass is 32.1. The number of nitrogens with zero attached hydrogens (tertiary/aromatic N) is 4. The van der Waals surface area contributed by atoms with Gasteiger partial charge in [0.2, 0.25) is 10.1 Å². The van der Waals surface area contributed by atoms with E-state index in [1.807, 2.05) is 31.2 Å². The molecule has 126 valence electrons. The van der Waals surface area contributed by atoms with Gasteiger partial charge in [-0.05, 0) is 25.5 Å². The first-order chi connectivity index (χ1) is 11.7. The van der Waals surface area contributed by atoms with E-state index in [-0.39, 0.29) is 12.5 Å². The molecular formula is C16H19N5O2S. The summed E-state index contributed by atoms with van der Waals surface area (Å²) in [6.45, 7) is 4.06. The third-order valence-electron chi connectivity index (χ3n) is 3.45. The molecule has 0 fully saturated rings. The average molecular weight is 345 g/mol. The summed E-state index contributed by atoms with van der Waals surface area (Å²) in [5.74, 6) is 1.23. The number of hydrogen-bond acceptors (Lipinski definition) is 6. The molecule has 3 aromatic rings. The maximum atomic E-state index is 12.0. The molecule has 0 spiro atoms. The second-order valence-corrected chi connectivity index (χ2v) is 6.43. The SMILES string of the molecule is CCCCc1nnc2sc(NC(=O)COc3ccc(C)cc3)nn12. The van der Waals surface area contributed by atoms with Crippen molar-refractivity contribution in [3.05, 3.63) is 35.7 Å². The first kappa shape index (κ1) is 16.4. The third-order valence-corrected chi connectivity index (χ3v) is 4.26. The molecule has 3 rings (SSSR count). The summed E-state index contributed by atoms with van der Waals surface area (Å²) in [5, 5.41) is 15.8. The summed E-state index contributed by atoms with van der Waals surface area (Å²) >= 11 is 1.29. The lowest BCUT2D eigenvalue weighted by atomic mass is 10.2. The topological polar surface area (TPSA) is 81.4 Å². The van der Waals surface area contributed by atoms with Crippen molar-refractivity contribution in [3.63, 3.8) is 0 Å². The molecule has 0 aliphatic carbocycles. The number of fused-ring (bicyclic) bond motifs is 1. The highest BCUT2D eigenvalue weighted by molar-refractivity contribution is 7.20. The number of aromatic nitrogens is 4. The van der Waals surface area contributed by atoms with Gasteiger partial charge in [0.05, 0.1) is 0 Å². The molecule has 1 aromatic carbocycles. The maximum absolute atomic E-state index is 12.0. The van der Waals surface area contributed by atoms with E-state index in [4.69, 9.17) is 4.74 Å². The van der Waals surface area contributed by atoms with Gasteiger partial charge >= 0.3 is 0 Å². The summed E-state index contributed by atoms with van der Waals surface area (Å²) in [6, 6.07) is 7.55. The molecule has 0 bridgehead atoms. The van der Waals surface area contributed by atoms with Gasteiger partial charge in [-0.15, -0.1) is 15.3 Å². The van der Waals surface area contributed by atoms with E-state index in [0.29, 0.717) is 15.8 Å². The molecule has 0 saturated carbocycles. The predicted octanol–water partition coefficient (Wildman–Crippen LogP) is 2.85. The first-order valence-electron chi connectivity index (χ1n) is 7.86. The number of nitrogens with one attached hydrogen (secondary N) is 1. The lowest BCUT2D eigenvalue weighted by Gasteiger charge is -2.05. The summed E-state index contributed by atoms with van der Waals surface area (Å²) in [5.41, 5.74) is 1.14. The van der Waals surface area contributed by atoms with Gasteiger partial charge in [0.1, 0.15) is 5.75 Å². The number of ether oxygens (including phenoxy) is 1. The Hall–Kier alpha value is -2.48. The molecule has 0 atom stereocenters. The van der Waals surface area contributed by atoms with Crippen molar-refractivity contribution in [2.24, 2.45) is 0 Å². The van der Waals surface area contributed by atoms with Gasteiger partial charge in [0.15, 0.2) is 12.4 Å². The Morgan fingerprint density at radius 1 is 1.29 bits per heavy atom. The van der Waals surface area contributed by atoms with Crippen molar-refractivity contribution >= 4 is 27.3 Å². The van der Waals surface area contributed by atoms with Gasteiger partial charge in [-0.1, -0.05) is 42.4 Å². The Bertz CT molecular complexity index is 825. The van der Waals surface area contributed by atoms with Gasteiger partial charge in [-0.25, -0.2) is 0 Å². The van der Waals surface area contributed by atoms with Crippen LogP contribution in [0.3, 0.4) is 0 Å². The molecule has 24 heavy (non-hydrogen) atoms. The zero-order chi connectivity index (χ0) is 16.9. The van der Waals surface area contributed by atoms with Crippen LogP contribution in [0.5, 0.6) is 5.75 Å². The summed E-state index contributed by atoms with van der Waals surface area (Å²) in [7, 11) is 0. The number of carbonyl (C=O) groups is 1. The number of unbranched alkanes of at least 4 members (excludes halogenated alkanes) is 1. The molecule has 1 amide bonds. The summed E-state index contributed by atoms with van der Waals surface area (Å²) < 4.78 is 7.15. The Morgan fingerprint density at radius 2 is 2.08 bits per heavy atom. The fourth-order valence-electron chi connectivity index (χ4n) is 2.14. The van der Waals surface area contributed by atoms with Crippen LogP contribution in [-0.2, 0) is 11.2 Å². The largest absolute Gasteiger partial charge is 0.484 e. The van der Waals surface area contributed by atoms with Crippen molar-refractivity contribution in [3.8, 4) is 5.75 Å². The molecule has 0 unspecified atom stereocenters. The summed E-state index contributed by atoms with van der Waals surface area (Å²) in [4.78, 5) is 12.7. The number of aryl methyl sites for hydroxylation is 2. The predicted molar refractivity (Wildman–Crippen MR) is 92.6 cm³/mol. The Kier molecular flexibility index (Phi) is 5.05. The van der Waals surface area contributed by atoms with Gasteiger partial charge in [0.25, 0.3) is 5.91 Å². The second kappa shape index (κ2) is 7.39. The van der Waals surface area contributed by atoms with Crippen LogP contribution in [-0.4, -0.2) is 32.3 Å². The number of carbonyl (C=O) groups excluding carboxylic acids is 1. The van der Waals surface area contributed by atoms with E-state index >= 15 is 0 Å². The van der Waals surface area contributed by atoms with Gasteiger partial charge in [0, 0.05) is 6.42 Å². The molecule has 8 heteroatoms. The fraction of sp³-hybridized carbons (Fsp3) is 0.375. The van der Waals surface area contributed by atoms with Crippen LogP contribution in [0.2, 0.25) is 0 Å². The van der Waals surface area contributed by atoms with Crippen LogP contribution in [0.4, 0.5) is 5.13 Å². The maximum Gasteiger partial charge on any atom is 0.264 e. The highest BCUT2D eigenvalue weighted by Crippen LogP contribution is 2.19. The molecule has 1 N–H and O–H groups in total. The van der Waals surface area contributed by atoms with E-state index in [9.17, 15) is 4.79 Å². The van der Waals surface area contributed by atoms with Crippen LogP contribution in [0, 0.1) is 6.92 Å². The molecule has 7 nitrogen and oxygen atoms in total. The minimum Gasteiger partial charge on any atom is -0.484 e. The Labute approximate surface area is 143 Å². The van der Waals surface area contributed by atoms with E-state index in [0.717, 1.165) is 30.7 Å². The van der Waals surface area contributed by atoms with Crippen LogP contribution in [0.25, 0.3) is 4.96 Å². The number of hydrogen-bond donors (Lipinski definition) is 1. The standard InChI is InChI=1S/C16H19N5O2S/c1-3-4-5-13-18-19-16-21(13)20-15(24-16)17-14(22)10-23-12-8-6-11(2)7-9-12/h6-9H,3-5,10H2,1-2H3,(H,17,20,22). The molecular weight excluding hydrogens is 326 g/mol. The Balaban J connectivity index is 1.58. The van der Waals surface area contributed by atoms with Crippen LogP contribution >= 0.6 is 11.3 Å². The molecule has 0 saturated heterocycles. The Morgan fingerprint density at radius 3 is 2.83 bits per heavy atom. The van der Waals surface area contributed by atoms with Crippen molar-refractivity contribution in [2.45, 2.75) is 33.1 Å². The van der Waals surface area contributed by atoms with Crippen molar-refractivity contribution in [1.29, 1.82) is 0 Å². The number of benzene rings is 1. The van der Waals surface area contributed by atoms with Crippen molar-refractivity contribution in [1.82, 2.24) is 19.8 Å². The third kappa shape index (κ3) is 3.88. The molecule has 2 aromatic heterocycles.